The first-order valence-corrected chi connectivity index (χ1v) is 9.69. The molecule has 0 aliphatic rings. The number of amides is 1. The molecule has 1 amide bonds. The van der Waals surface area contributed by atoms with Crippen molar-refractivity contribution in [2.75, 3.05) is 10.3 Å². The summed E-state index contributed by atoms with van der Waals surface area (Å²) < 4.78 is 0. The van der Waals surface area contributed by atoms with Crippen LogP contribution < -0.4 is 10.3 Å². The summed E-state index contributed by atoms with van der Waals surface area (Å²) in [6.07, 6.45) is 1.55. The number of thiazole rings is 1. The second-order valence-electron chi connectivity index (χ2n) is 6.43. The van der Waals surface area contributed by atoms with Gasteiger partial charge in [0.1, 0.15) is 0 Å². The number of carboxylic acids is 1. The summed E-state index contributed by atoms with van der Waals surface area (Å²) in [5.74, 6) is -1.10. The van der Waals surface area contributed by atoms with E-state index in [9.17, 15) is 9.59 Å². The minimum absolute atomic E-state index is 0.122. The highest BCUT2D eigenvalue weighted by Crippen LogP contribution is 2.29. The van der Waals surface area contributed by atoms with Crippen LogP contribution in [0, 0.1) is 13.8 Å². The zero-order chi connectivity index (χ0) is 21.0. The molecule has 3 aromatic rings. The Hall–Kier alpha value is -3.52. The highest BCUT2D eigenvalue weighted by atomic mass is 32.1. The fourth-order valence-electron chi connectivity index (χ4n) is 2.59. The van der Waals surface area contributed by atoms with Crippen LogP contribution in [0.4, 0.5) is 16.5 Å². The lowest BCUT2D eigenvalue weighted by Crippen LogP contribution is -2.22. The van der Waals surface area contributed by atoms with E-state index in [1.54, 1.807) is 23.2 Å². The molecule has 0 fully saturated rings. The number of rotatable bonds is 6. The van der Waals surface area contributed by atoms with Gasteiger partial charge in [0.05, 0.1) is 28.8 Å². The number of aryl methyl sites for hydroxylation is 2. The molecule has 0 saturated carbocycles. The Morgan fingerprint density at radius 3 is 2.48 bits per heavy atom. The Kier molecular flexibility index (Phi) is 6.04. The molecule has 0 spiro atoms. The van der Waals surface area contributed by atoms with E-state index in [1.165, 1.54) is 30.4 Å². The van der Waals surface area contributed by atoms with Gasteiger partial charge in [-0.05, 0) is 61.4 Å². The highest BCUT2D eigenvalue weighted by molar-refractivity contribution is 7.14. The van der Waals surface area contributed by atoms with E-state index in [0.717, 1.165) is 16.8 Å². The van der Waals surface area contributed by atoms with Crippen LogP contribution in [-0.2, 0) is 4.79 Å². The number of anilines is 3. The standard InChI is InChI=1S/C21H20N4O3S/c1-13-4-9-19(10-14(13)2)25(15(3)26)21-23-18(12-29-21)11-22-24-17-7-5-16(6-8-17)20(27)28/h4-12,24H,1-3H3,(H,27,28)/b22-11-. The summed E-state index contributed by atoms with van der Waals surface area (Å²) >= 11 is 1.35. The van der Waals surface area contributed by atoms with Gasteiger partial charge in [0.15, 0.2) is 5.13 Å². The van der Waals surface area contributed by atoms with Crippen LogP contribution in [0.1, 0.15) is 34.1 Å². The third-order valence-corrected chi connectivity index (χ3v) is 5.13. The molecule has 0 radical (unpaired) electrons. The van der Waals surface area contributed by atoms with Gasteiger partial charge in [-0.15, -0.1) is 11.3 Å². The molecule has 1 heterocycles. The van der Waals surface area contributed by atoms with E-state index in [0.29, 0.717) is 16.5 Å². The molecule has 0 unspecified atom stereocenters. The third-order valence-electron chi connectivity index (χ3n) is 4.29. The van der Waals surface area contributed by atoms with Crippen molar-refractivity contribution in [3.05, 3.63) is 70.2 Å². The summed E-state index contributed by atoms with van der Waals surface area (Å²) in [6.45, 7) is 5.54. The molecule has 0 saturated heterocycles. The van der Waals surface area contributed by atoms with Crippen LogP contribution in [0.3, 0.4) is 0 Å². The third kappa shape index (κ3) is 4.85. The van der Waals surface area contributed by atoms with Gasteiger partial charge in [0.2, 0.25) is 5.91 Å². The zero-order valence-corrected chi connectivity index (χ0v) is 17.0. The number of hydrogen-bond donors (Lipinski definition) is 2. The second-order valence-corrected chi connectivity index (χ2v) is 7.27. The van der Waals surface area contributed by atoms with Gasteiger partial charge in [-0.3, -0.25) is 15.1 Å². The van der Waals surface area contributed by atoms with Crippen LogP contribution in [0.2, 0.25) is 0 Å². The molecule has 2 aromatic carbocycles. The van der Waals surface area contributed by atoms with E-state index in [1.807, 2.05) is 37.4 Å². The number of hydrazone groups is 1. The number of carboxylic acid groups (broad SMARTS) is 1. The van der Waals surface area contributed by atoms with Gasteiger partial charge in [-0.25, -0.2) is 9.78 Å². The average Bonchev–Trinajstić information content (AvgIpc) is 3.13. The maximum atomic E-state index is 12.2. The van der Waals surface area contributed by atoms with Crippen LogP contribution in [-0.4, -0.2) is 28.2 Å². The van der Waals surface area contributed by atoms with Crippen molar-refractivity contribution < 1.29 is 14.7 Å². The van der Waals surface area contributed by atoms with Gasteiger partial charge in [0, 0.05) is 12.3 Å². The van der Waals surface area contributed by atoms with Crippen LogP contribution in [0.15, 0.2) is 52.9 Å². The van der Waals surface area contributed by atoms with Gasteiger partial charge in [-0.1, -0.05) is 6.07 Å². The molecular formula is C21H20N4O3S. The van der Waals surface area contributed by atoms with Crippen molar-refractivity contribution in [3.8, 4) is 0 Å². The number of nitrogens with zero attached hydrogens (tertiary/aromatic N) is 3. The van der Waals surface area contributed by atoms with E-state index < -0.39 is 5.97 Å². The van der Waals surface area contributed by atoms with Crippen molar-refractivity contribution in [2.24, 2.45) is 5.10 Å². The monoisotopic (exact) mass is 408 g/mol. The Morgan fingerprint density at radius 1 is 1.14 bits per heavy atom. The summed E-state index contributed by atoms with van der Waals surface area (Å²) in [5.41, 5.74) is 7.33. The van der Waals surface area contributed by atoms with Gasteiger partial charge >= 0.3 is 5.97 Å². The molecule has 1 aromatic heterocycles. The van der Waals surface area contributed by atoms with Crippen LogP contribution in [0.25, 0.3) is 0 Å². The first-order valence-electron chi connectivity index (χ1n) is 8.81. The average molecular weight is 408 g/mol. The molecule has 29 heavy (non-hydrogen) atoms. The summed E-state index contributed by atoms with van der Waals surface area (Å²) in [5, 5.41) is 15.4. The highest BCUT2D eigenvalue weighted by Gasteiger charge is 2.18. The largest absolute Gasteiger partial charge is 0.478 e. The molecule has 2 N–H and O–H groups in total. The lowest BCUT2D eigenvalue weighted by molar-refractivity contribution is -0.115. The van der Waals surface area contributed by atoms with Gasteiger partial charge in [0.25, 0.3) is 0 Å². The Labute approximate surface area is 172 Å². The Bertz CT molecular complexity index is 1070. The molecule has 8 heteroatoms. The predicted molar refractivity (Wildman–Crippen MR) is 115 cm³/mol. The summed E-state index contributed by atoms with van der Waals surface area (Å²) in [4.78, 5) is 29.2. The second kappa shape index (κ2) is 8.66. The molecule has 0 atom stereocenters. The molecule has 0 bridgehead atoms. The fraction of sp³-hybridized carbons (Fsp3) is 0.143. The van der Waals surface area contributed by atoms with Crippen LogP contribution in [0.5, 0.6) is 0 Å². The van der Waals surface area contributed by atoms with E-state index in [-0.39, 0.29) is 11.5 Å². The number of benzene rings is 2. The molecule has 0 aliphatic carbocycles. The number of carbonyl (C=O) groups excluding carboxylic acids is 1. The fourth-order valence-corrected chi connectivity index (χ4v) is 3.43. The van der Waals surface area contributed by atoms with Crippen molar-refractivity contribution in [3.63, 3.8) is 0 Å². The Balaban J connectivity index is 1.74. The number of carbonyl (C=O) groups is 2. The van der Waals surface area contributed by atoms with E-state index in [4.69, 9.17) is 5.11 Å². The lowest BCUT2D eigenvalue weighted by Gasteiger charge is -2.19. The van der Waals surface area contributed by atoms with Gasteiger partial charge < -0.3 is 5.11 Å². The maximum Gasteiger partial charge on any atom is 0.335 e. The van der Waals surface area contributed by atoms with E-state index >= 15 is 0 Å². The summed E-state index contributed by atoms with van der Waals surface area (Å²) in [6, 6.07) is 12.1. The van der Waals surface area contributed by atoms with Crippen molar-refractivity contribution >= 4 is 45.9 Å². The predicted octanol–water partition coefficient (Wildman–Crippen LogP) is 4.59. The maximum absolute atomic E-state index is 12.2. The quantitative estimate of drug-likeness (QED) is 0.459. The number of aromatic carboxylic acids is 1. The molecule has 7 nitrogen and oxygen atoms in total. The first-order chi connectivity index (χ1) is 13.8. The first kappa shape index (κ1) is 20.2. The van der Waals surface area contributed by atoms with Crippen molar-refractivity contribution in [1.29, 1.82) is 0 Å². The van der Waals surface area contributed by atoms with Crippen molar-refractivity contribution in [2.45, 2.75) is 20.8 Å². The van der Waals surface area contributed by atoms with E-state index in [2.05, 4.69) is 15.5 Å². The minimum Gasteiger partial charge on any atom is -0.478 e. The summed E-state index contributed by atoms with van der Waals surface area (Å²) in [7, 11) is 0. The lowest BCUT2D eigenvalue weighted by atomic mass is 10.1. The molecule has 0 aliphatic heterocycles. The minimum atomic E-state index is -0.978. The smallest absolute Gasteiger partial charge is 0.335 e. The molecular weight excluding hydrogens is 388 g/mol. The Morgan fingerprint density at radius 2 is 1.86 bits per heavy atom. The zero-order valence-electron chi connectivity index (χ0n) is 16.2. The number of hydrogen-bond acceptors (Lipinski definition) is 6. The normalized spacial score (nSPS) is 10.9. The topological polar surface area (TPSA) is 94.9 Å². The number of aromatic nitrogens is 1. The number of nitrogens with one attached hydrogen (secondary N) is 1. The van der Waals surface area contributed by atoms with Crippen LogP contribution >= 0.6 is 11.3 Å². The molecule has 148 valence electrons. The SMILES string of the molecule is CC(=O)N(c1ccc(C)c(C)c1)c1nc(/C=N\Nc2ccc(C(=O)O)cc2)cs1. The van der Waals surface area contributed by atoms with Crippen molar-refractivity contribution in [1.82, 2.24) is 4.98 Å². The van der Waals surface area contributed by atoms with Gasteiger partial charge in [-0.2, -0.15) is 5.10 Å². The molecule has 3 rings (SSSR count).